The molecule has 0 radical (unpaired) electrons. The van der Waals surface area contributed by atoms with Gasteiger partial charge in [0.1, 0.15) is 0 Å². The van der Waals surface area contributed by atoms with Crippen LogP contribution in [0.4, 0.5) is 0 Å². The smallest absolute Gasteiger partial charge is 0.224 e. The predicted molar refractivity (Wildman–Crippen MR) is 88.3 cm³/mol. The number of carbonyl (C=O) groups is 1. The molecule has 1 aliphatic heterocycles. The van der Waals surface area contributed by atoms with Crippen molar-refractivity contribution in [1.82, 2.24) is 10.2 Å². The van der Waals surface area contributed by atoms with Crippen LogP contribution in [0.1, 0.15) is 77.6 Å². The molecule has 1 heterocycles. The first-order chi connectivity index (χ1) is 10.2. The second kappa shape index (κ2) is 8.17. The van der Waals surface area contributed by atoms with Gasteiger partial charge in [-0.05, 0) is 45.1 Å². The molecule has 1 N–H and O–H groups in total. The Morgan fingerprint density at radius 2 is 1.90 bits per heavy atom. The van der Waals surface area contributed by atoms with E-state index in [4.69, 9.17) is 0 Å². The maximum absolute atomic E-state index is 12.7. The van der Waals surface area contributed by atoms with Crippen molar-refractivity contribution in [1.29, 1.82) is 0 Å². The van der Waals surface area contributed by atoms with E-state index in [2.05, 4.69) is 17.1 Å². The highest BCUT2D eigenvalue weighted by molar-refractivity contribution is 5.77. The van der Waals surface area contributed by atoms with Crippen molar-refractivity contribution in [3.8, 4) is 0 Å². The molecule has 21 heavy (non-hydrogen) atoms. The minimum Gasteiger partial charge on any atom is -0.343 e. The zero-order chi connectivity index (χ0) is 15.1. The standard InChI is InChI=1S/C18H34N2O/c1-3-8-16-9-7-13-20(14-10-16)17(21)15-18(19-2)11-5-4-6-12-18/h16,19H,3-15H2,1-2H3. The minimum absolute atomic E-state index is 0.0878. The van der Waals surface area contributed by atoms with Crippen molar-refractivity contribution in [3.05, 3.63) is 0 Å². The number of nitrogens with zero attached hydrogens (tertiary/aromatic N) is 1. The van der Waals surface area contributed by atoms with Gasteiger partial charge < -0.3 is 10.2 Å². The summed E-state index contributed by atoms with van der Waals surface area (Å²) in [6.07, 6.45) is 13.3. The van der Waals surface area contributed by atoms with E-state index in [0.29, 0.717) is 12.3 Å². The number of hydrogen-bond donors (Lipinski definition) is 1. The molecule has 1 saturated heterocycles. The molecule has 0 aromatic rings. The van der Waals surface area contributed by atoms with Crippen molar-refractivity contribution in [3.63, 3.8) is 0 Å². The molecule has 3 heteroatoms. The summed E-state index contributed by atoms with van der Waals surface area (Å²) >= 11 is 0. The maximum atomic E-state index is 12.7. The quantitative estimate of drug-likeness (QED) is 0.838. The van der Waals surface area contributed by atoms with Crippen molar-refractivity contribution in [2.24, 2.45) is 5.92 Å². The first-order valence-electron chi connectivity index (χ1n) is 9.16. The molecule has 0 aromatic carbocycles. The fraction of sp³-hybridized carbons (Fsp3) is 0.944. The monoisotopic (exact) mass is 294 g/mol. The second-order valence-corrected chi connectivity index (χ2v) is 7.23. The average Bonchev–Trinajstić information content (AvgIpc) is 2.74. The van der Waals surface area contributed by atoms with Gasteiger partial charge in [0.15, 0.2) is 0 Å². The normalized spacial score (nSPS) is 26.4. The number of nitrogens with one attached hydrogen (secondary N) is 1. The minimum atomic E-state index is 0.0878. The lowest BCUT2D eigenvalue weighted by atomic mass is 9.79. The Balaban J connectivity index is 1.87. The van der Waals surface area contributed by atoms with E-state index in [0.717, 1.165) is 19.0 Å². The number of rotatable bonds is 5. The molecule has 1 saturated carbocycles. The van der Waals surface area contributed by atoms with Gasteiger partial charge in [0, 0.05) is 25.0 Å². The van der Waals surface area contributed by atoms with E-state index >= 15 is 0 Å². The molecule has 122 valence electrons. The maximum Gasteiger partial charge on any atom is 0.224 e. The zero-order valence-electron chi connectivity index (χ0n) is 14.1. The Labute approximate surface area is 130 Å². The fourth-order valence-corrected chi connectivity index (χ4v) is 4.26. The molecular formula is C18H34N2O. The number of likely N-dealkylation sites (tertiary alicyclic amines) is 1. The Hall–Kier alpha value is -0.570. The Kier molecular flexibility index (Phi) is 6.53. The summed E-state index contributed by atoms with van der Waals surface area (Å²) < 4.78 is 0. The molecule has 2 rings (SSSR count). The van der Waals surface area contributed by atoms with Crippen LogP contribution in [-0.2, 0) is 4.79 Å². The van der Waals surface area contributed by atoms with Crippen LogP contribution in [0.5, 0.6) is 0 Å². The molecule has 0 spiro atoms. The van der Waals surface area contributed by atoms with Gasteiger partial charge in [0.25, 0.3) is 0 Å². The number of hydrogen-bond acceptors (Lipinski definition) is 2. The van der Waals surface area contributed by atoms with Gasteiger partial charge in [0.05, 0.1) is 0 Å². The summed E-state index contributed by atoms with van der Waals surface area (Å²) in [5.74, 6) is 1.24. The summed E-state index contributed by atoms with van der Waals surface area (Å²) in [4.78, 5) is 14.9. The fourth-order valence-electron chi connectivity index (χ4n) is 4.26. The van der Waals surface area contributed by atoms with Crippen LogP contribution in [0.15, 0.2) is 0 Å². The lowest BCUT2D eigenvalue weighted by molar-refractivity contribution is -0.133. The zero-order valence-corrected chi connectivity index (χ0v) is 14.1. The highest BCUT2D eigenvalue weighted by Gasteiger charge is 2.34. The van der Waals surface area contributed by atoms with Gasteiger partial charge in [0.2, 0.25) is 5.91 Å². The van der Waals surface area contributed by atoms with E-state index in [1.54, 1.807) is 0 Å². The van der Waals surface area contributed by atoms with Gasteiger partial charge in [-0.3, -0.25) is 4.79 Å². The topological polar surface area (TPSA) is 32.3 Å². The van der Waals surface area contributed by atoms with E-state index in [1.165, 1.54) is 64.2 Å². The number of amides is 1. The van der Waals surface area contributed by atoms with Gasteiger partial charge in [-0.25, -0.2) is 0 Å². The van der Waals surface area contributed by atoms with Crippen molar-refractivity contribution in [2.75, 3.05) is 20.1 Å². The van der Waals surface area contributed by atoms with Crippen molar-refractivity contribution < 1.29 is 4.79 Å². The van der Waals surface area contributed by atoms with E-state index < -0.39 is 0 Å². The summed E-state index contributed by atoms with van der Waals surface area (Å²) in [7, 11) is 2.04. The lowest BCUT2D eigenvalue weighted by Gasteiger charge is -2.38. The third-order valence-electron chi connectivity index (χ3n) is 5.73. The van der Waals surface area contributed by atoms with Gasteiger partial charge in [-0.15, -0.1) is 0 Å². The SMILES string of the molecule is CCCC1CCCN(C(=O)CC2(NC)CCCCC2)CC1. The first-order valence-corrected chi connectivity index (χ1v) is 9.16. The summed E-state index contributed by atoms with van der Waals surface area (Å²) in [6, 6.07) is 0. The van der Waals surface area contributed by atoms with Crippen LogP contribution in [0.25, 0.3) is 0 Å². The molecule has 2 aliphatic rings. The molecule has 1 atom stereocenters. The molecule has 0 bridgehead atoms. The molecule has 1 unspecified atom stereocenters. The molecule has 1 aliphatic carbocycles. The Morgan fingerprint density at radius 1 is 1.14 bits per heavy atom. The highest BCUT2D eigenvalue weighted by atomic mass is 16.2. The Bertz CT molecular complexity index is 323. The van der Waals surface area contributed by atoms with Crippen molar-refractivity contribution in [2.45, 2.75) is 83.1 Å². The Morgan fingerprint density at radius 3 is 2.57 bits per heavy atom. The second-order valence-electron chi connectivity index (χ2n) is 7.23. The van der Waals surface area contributed by atoms with Gasteiger partial charge >= 0.3 is 0 Å². The van der Waals surface area contributed by atoms with E-state index in [9.17, 15) is 4.79 Å². The third kappa shape index (κ3) is 4.70. The highest BCUT2D eigenvalue weighted by Crippen LogP contribution is 2.32. The van der Waals surface area contributed by atoms with Gasteiger partial charge in [-0.1, -0.05) is 39.0 Å². The van der Waals surface area contributed by atoms with Crippen LogP contribution < -0.4 is 5.32 Å². The van der Waals surface area contributed by atoms with Gasteiger partial charge in [-0.2, -0.15) is 0 Å². The van der Waals surface area contributed by atoms with Crippen LogP contribution in [0.3, 0.4) is 0 Å². The molecular weight excluding hydrogens is 260 g/mol. The summed E-state index contributed by atoms with van der Waals surface area (Å²) in [5.41, 5.74) is 0.0878. The largest absolute Gasteiger partial charge is 0.343 e. The molecule has 2 fully saturated rings. The predicted octanol–water partition coefficient (Wildman–Crippen LogP) is 3.73. The lowest BCUT2D eigenvalue weighted by Crippen LogP contribution is -2.49. The summed E-state index contributed by atoms with van der Waals surface area (Å²) in [5, 5.41) is 3.48. The van der Waals surface area contributed by atoms with E-state index in [-0.39, 0.29) is 5.54 Å². The molecule has 0 aromatic heterocycles. The van der Waals surface area contributed by atoms with Crippen molar-refractivity contribution >= 4 is 5.91 Å². The van der Waals surface area contributed by atoms with Crippen LogP contribution in [-0.4, -0.2) is 36.5 Å². The van der Waals surface area contributed by atoms with Crippen LogP contribution in [0.2, 0.25) is 0 Å². The van der Waals surface area contributed by atoms with Crippen LogP contribution in [0, 0.1) is 5.92 Å². The number of carbonyl (C=O) groups excluding carboxylic acids is 1. The molecule has 3 nitrogen and oxygen atoms in total. The third-order valence-corrected chi connectivity index (χ3v) is 5.73. The average molecular weight is 294 g/mol. The van der Waals surface area contributed by atoms with E-state index in [1.807, 2.05) is 7.05 Å². The summed E-state index contributed by atoms with van der Waals surface area (Å²) in [6.45, 7) is 4.25. The van der Waals surface area contributed by atoms with Crippen LogP contribution >= 0.6 is 0 Å². The first kappa shape index (κ1) is 16.8. The molecule has 1 amide bonds.